The lowest BCUT2D eigenvalue weighted by Crippen LogP contribution is -2.29. The van der Waals surface area contributed by atoms with Crippen LogP contribution in [0.25, 0.3) is 11.0 Å². The second-order valence-corrected chi connectivity index (χ2v) is 8.55. The van der Waals surface area contributed by atoms with Crippen molar-refractivity contribution in [1.29, 1.82) is 0 Å². The molecule has 0 saturated heterocycles. The van der Waals surface area contributed by atoms with E-state index < -0.39 is 23.6 Å². The van der Waals surface area contributed by atoms with E-state index in [0.717, 1.165) is 6.07 Å². The summed E-state index contributed by atoms with van der Waals surface area (Å²) < 4.78 is 64.1. The Labute approximate surface area is 181 Å². The maximum absolute atomic E-state index is 14.8. The molecule has 3 N–H and O–H groups in total. The highest BCUT2D eigenvalue weighted by Crippen LogP contribution is 2.41. The molecule has 1 aromatic carbocycles. The Hall–Kier alpha value is -2.88. The van der Waals surface area contributed by atoms with Crippen LogP contribution in [0.1, 0.15) is 61.3 Å². The van der Waals surface area contributed by atoms with Crippen molar-refractivity contribution in [3.05, 3.63) is 46.9 Å². The van der Waals surface area contributed by atoms with E-state index in [1.807, 2.05) is 0 Å². The normalized spacial score (nSPS) is 23.1. The van der Waals surface area contributed by atoms with Crippen LogP contribution >= 0.6 is 0 Å². The third-order valence-electron chi connectivity index (χ3n) is 6.52. The highest BCUT2D eigenvalue weighted by atomic mass is 19.3. The minimum Gasteiger partial charge on any atom is -0.490 e. The summed E-state index contributed by atoms with van der Waals surface area (Å²) in [5.74, 6) is -1.20. The highest BCUT2D eigenvalue weighted by molar-refractivity contribution is 5.86. The van der Waals surface area contributed by atoms with E-state index >= 15 is 0 Å². The Kier molecular flexibility index (Phi) is 5.19. The van der Waals surface area contributed by atoms with Gasteiger partial charge in [-0.15, -0.1) is 0 Å². The number of nitrogens with two attached hydrogens (primary N) is 1. The molecule has 1 saturated carbocycles. The topological polar surface area (TPSA) is 78.0 Å². The number of halogens is 4. The number of alkyl halides is 2. The zero-order valence-corrected chi connectivity index (χ0v) is 17.4. The van der Waals surface area contributed by atoms with Crippen molar-refractivity contribution in [1.82, 2.24) is 19.9 Å². The molecular formula is C22H23F4N5O. The van der Waals surface area contributed by atoms with Gasteiger partial charge in [0.15, 0.2) is 5.82 Å². The molecule has 10 heteroatoms. The Bertz CT molecular complexity index is 1180. The van der Waals surface area contributed by atoms with Gasteiger partial charge >= 0.3 is 0 Å². The van der Waals surface area contributed by atoms with Crippen LogP contribution in [0.3, 0.4) is 0 Å². The van der Waals surface area contributed by atoms with Gasteiger partial charge in [-0.2, -0.15) is 0 Å². The molecule has 3 aromatic rings. The van der Waals surface area contributed by atoms with E-state index in [2.05, 4.69) is 15.3 Å². The molecule has 0 bridgehead atoms. The van der Waals surface area contributed by atoms with Gasteiger partial charge in [-0.3, -0.25) is 0 Å². The number of aromatic nitrogens is 3. The molecule has 1 aliphatic heterocycles. The first-order chi connectivity index (χ1) is 15.3. The zero-order chi connectivity index (χ0) is 22.6. The predicted molar refractivity (Wildman–Crippen MR) is 111 cm³/mol. The molecule has 2 aliphatic rings. The Morgan fingerprint density at radius 1 is 1.25 bits per heavy atom. The summed E-state index contributed by atoms with van der Waals surface area (Å²) in [6, 6.07) is 1.04. The van der Waals surface area contributed by atoms with E-state index in [-0.39, 0.29) is 35.0 Å². The number of hydrogen-bond donors (Lipinski definition) is 2. The van der Waals surface area contributed by atoms with Crippen LogP contribution in [0.5, 0.6) is 5.75 Å². The van der Waals surface area contributed by atoms with E-state index in [4.69, 9.17) is 10.5 Å². The van der Waals surface area contributed by atoms with Gasteiger partial charge in [-0.05, 0) is 24.8 Å². The fraction of sp³-hybridized carbons (Fsp3) is 0.455. The van der Waals surface area contributed by atoms with Gasteiger partial charge in [-0.25, -0.2) is 27.5 Å². The van der Waals surface area contributed by atoms with Crippen LogP contribution < -0.4 is 15.8 Å². The number of nitrogen functional groups attached to an aromatic ring is 1. The molecule has 3 unspecified atom stereocenters. The van der Waals surface area contributed by atoms with E-state index in [0.29, 0.717) is 49.1 Å². The summed E-state index contributed by atoms with van der Waals surface area (Å²) in [6.07, 6.45) is 1.32. The number of rotatable bonds is 4. The van der Waals surface area contributed by atoms with E-state index in [1.165, 1.54) is 12.5 Å². The number of ether oxygens (including phenoxy) is 1. The number of hydrogen-bond acceptors (Lipinski definition) is 5. The monoisotopic (exact) mass is 449 g/mol. The van der Waals surface area contributed by atoms with Crippen molar-refractivity contribution in [3.63, 3.8) is 0 Å². The van der Waals surface area contributed by atoms with Crippen molar-refractivity contribution in [3.8, 4) is 5.75 Å². The smallest absolute Gasteiger partial charge is 0.266 e. The summed E-state index contributed by atoms with van der Waals surface area (Å²) in [5.41, 5.74) is 6.47. The molecule has 0 radical (unpaired) electrons. The largest absolute Gasteiger partial charge is 0.490 e. The fourth-order valence-corrected chi connectivity index (χ4v) is 4.99. The summed E-state index contributed by atoms with van der Waals surface area (Å²) >= 11 is 0. The number of fused-ring (bicyclic) bond motifs is 2. The van der Waals surface area contributed by atoms with E-state index in [1.54, 1.807) is 11.5 Å². The van der Waals surface area contributed by atoms with Gasteiger partial charge in [0.25, 0.3) is 6.43 Å². The first-order valence-electron chi connectivity index (χ1n) is 10.6. The molecule has 2 aromatic heterocycles. The third-order valence-corrected chi connectivity index (χ3v) is 6.52. The Balaban J connectivity index is 1.44. The Morgan fingerprint density at radius 3 is 2.84 bits per heavy atom. The lowest BCUT2D eigenvalue weighted by molar-refractivity contribution is 0.143. The summed E-state index contributed by atoms with van der Waals surface area (Å²) in [5, 5.41) is 3.37. The van der Waals surface area contributed by atoms with Gasteiger partial charge in [0.2, 0.25) is 0 Å². The maximum atomic E-state index is 14.8. The molecule has 5 rings (SSSR count). The van der Waals surface area contributed by atoms with Crippen molar-refractivity contribution >= 4 is 16.9 Å². The van der Waals surface area contributed by atoms with Gasteiger partial charge < -0.3 is 20.4 Å². The molecule has 3 heterocycles. The lowest BCUT2D eigenvalue weighted by atomic mass is 9.89. The number of nitrogens with zero attached hydrogens (tertiary/aromatic N) is 3. The second kappa shape index (κ2) is 7.91. The van der Waals surface area contributed by atoms with Crippen LogP contribution in [0.2, 0.25) is 0 Å². The predicted octanol–water partition coefficient (Wildman–Crippen LogP) is 4.61. The second-order valence-electron chi connectivity index (χ2n) is 8.55. The average molecular weight is 449 g/mol. The lowest BCUT2D eigenvalue weighted by Gasteiger charge is -2.28. The molecule has 0 amide bonds. The standard InChI is InChI=1S/C22H23F4N5O/c1-10-6-28-7-14-16(5-13(20(25)26)19(24)17(10)14)32-12-3-2-11(4-12)31-8-15(23)18-21(27)29-9-30-22(18)31/h5,8-12,20,28H,2-4,6-7H2,1H3,(H2,27,29,30). The average Bonchev–Trinajstić information content (AvgIpc) is 3.34. The minimum absolute atomic E-state index is 0.0798. The van der Waals surface area contributed by atoms with Gasteiger partial charge in [0.05, 0.1) is 10.9 Å². The summed E-state index contributed by atoms with van der Waals surface area (Å²) in [7, 11) is 0. The molecule has 1 aliphatic carbocycles. The number of anilines is 1. The fourth-order valence-electron chi connectivity index (χ4n) is 4.99. The first kappa shape index (κ1) is 21.0. The molecule has 1 fully saturated rings. The molecule has 0 spiro atoms. The number of benzene rings is 1. The molecule has 170 valence electrons. The molecule has 32 heavy (non-hydrogen) atoms. The van der Waals surface area contributed by atoms with Crippen molar-refractivity contribution in [2.75, 3.05) is 12.3 Å². The van der Waals surface area contributed by atoms with Crippen LogP contribution in [0.4, 0.5) is 23.4 Å². The van der Waals surface area contributed by atoms with Crippen molar-refractivity contribution in [2.45, 2.75) is 57.2 Å². The van der Waals surface area contributed by atoms with Crippen LogP contribution in [-0.2, 0) is 6.54 Å². The number of nitrogens with one attached hydrogen (secondary N) is 1. The minimum atomic E-state index is -2.93. The van der Waals surface area contributed by atoms with Crippen LogP contribution in [0, 0.1) is 11.6 Å². The SMILES string of the molecule is CC1CNCc2c(OC3CCC(n4cc(F)c5c(N)ncnc54)C3)cc(C(F)F)c(F)c21. The maximum Gasteiger partial charge on any atom is 0.266 e. The van der Waals surface area contributed by atoms with Crippen molar-refractivity contribution < 1.29 is 22.3 Å². The summed E-state index contributed by atoms with van der Waals surface area (Å²) in [4.78, 5) is 8.03. The van der Waals surface area contributed by atoms with Gasteiger partial charge in [0, 0.05) is 42.9 Å². The highest BCUT2D eigenvalue weighted by Gasteiger charge is 2.33. The van der Waals surface area contributed by atoms with Crippen LogP contribution in [0.15, 0.2) is 18.6 Å². The van der Waals surface area contributed by atoms with Crippen LogP contribution in [-0.4, -0.2) is 27.2 Å². The third kappa shape index (κ3) is 3.37. The summed E-state index contributed by atoms with van der Waals surface area (Å²) in [6.45, 7) is 2.67. The zero-order valence-electron chi connectivity index (χ0n) is 17.4. The van der Waals surface area contributed by atoms with Gasteiger partial charge in [-0.1, -0.05) is 6.92 Å². The molecule has 3 atom stereocenters. The molecule has 6 nitrogen and oxygen atoms in total. The molecular weight excluding hydrogens is 426 g/mol. The quantitative estimate of drug-likeness (QED) is 0.569. The van der Waals surface area contributed by atoms with Crippen molar-refractivity contribution in [2.24, 2.45) is 0 Å². The first-order valence-corrected chi connectivity index (χ1v) is 10.6. The van der Waals surface area contributed by atoms with Gasteiger partial charge in [0.1, 0.15) is 35.5 Å². The Morgan fingerprint density at radius 2 is 2.06 bits per heavy atom. The van der Waals surface area contributed by atoms with E-state index in [9.17, 15) is 17.6 Å².